The molecule has 0 saturated carbocycles. The maximum Gasteiger partial charge on any atom is 0.0920 e. The molecule has 17 heavy (non-hydrogen) atoms. The average molecular weight is 254 g/mol. The van der Waals surface area contributed by atoms with Crippen LogP contribution in [0.3, 0.4) is 0 Å². The molecule has 3 nitrogen and oxygen atoms in total. The van der Waals surface area contributed by atoms with Crippen LogP contribution in [0.15, 0.2) is 18.2 Å². The van der Waals surface area contributed by atoms with E-state index < -0.39 is 0 Å². The third-order valence-corrected chi connectivity index (χ3v) is 3.25. The number of aryl methyl sites for hydroxylation is 1. The van der Waals surface area contributed by atoms with E-state index in [1.54, 1.807) is 0 Å². The van der Waals surface area contributed by atoms with Crippen LogP contribution >= 0.6 is 11.6 Å². The van der Waals surface area contributed by atoms with Gasteiger partial charge >= 0.3 is 0 Å². The second-order valence-corrected chi connectivity index (χ2v) is 5.00. The van der Waals surface area contributed by atoms with Crippen LogP contribution in [0.2, 0.25) is 5.02 Å². The fourth-order valence-corrected chi connectivity index (χ4v) is 1.97. The molecule has 0 aliphatic carbocycles. The first-order valence-corrected chi connectivity index (χ1v) is 6.06. The van der Waals surface area contributed by atoms with E-state index in [-0.39, 0.29) is 11.9 Å². The quantitative estimate of drug-likeness (QED) is 0.626. The molecule has 0 aliphatic rings. The molecule has 0 saturated heterocycles. The highest BCUT2D eigenvalue weighted by atomic mass is 35.5. The Hall–Kier alpha value is -1.06. The number of hydrogen-bond acceptors (Lipinski definition) is 2. The summed E-state index contributed by atoms with van der Waals surface area (Å²) in [4.78, 5) is 2.15. The lowest BCUT2D eigenvalue weighted by Gasteiger charge is -2.24. The van der Waals surface area contributed by atoms with Crippen molar-refractivity contribution in [1.29, 1.82) is 5.41 Å². The molecule has 0 aromatic heterocycles. The van der Waals surface area contributed by atoms with E-state index in [0.717, 1.165) is 22.7 Å². The van der Waals surface area contributed by atoms with Crippen molar-refractivity contribution < 1.29 is 0 Å². The molecule has 0 amide bonds. The van der Waals surface area contributed by atoms with E-state index in [9.17, 15) is 0 Å². The monoisotopic (exact) mass is 253 g/mol. The number of rotatable bonds is 5. The zero-order valence-corrected chi connectivity index (χ0v) is 11.4. The van der Waals surface area contributed by atoms with Gasteiger partial charge in [-0.05, 0) is 38.1 Å². The highest BCUT2D eigenvalue weighted by Gasteiger charge is 2.12. The predicted octanol–water partition coefficient (Wildman–Crippen LogP) is 2.79. The maximum atomic E-state index is 7.29. The molecule has 1 aromatic carbocycles. The number of nitrogens with zero attached hydrogens (tertiary/aromatic N) is 1. The highest BCUT2D eigenvalue weighted by Crippen LogP contribution is 2.19. The van der Waals surface area contributed by atoms with Crippen LogP contribution in [0, 0.1) is 12.3 Å². The van der Waals surface area contributed by atoms with Crippen molar-refractivity contribution in [2.24, 2.45) is 5.73 Å². The molecule has 1 atom stereocenters. The van der Waals surface area contributed by atoms with Gasteiger partial charge in [0.2, 0.25) is 0 Å². The third-order valence-electron chi connectivity index (χ3n) is 2.90. The number of benzene rings is 1. The van der Waals surface area contributed by atoms with Crippen molar-refractivity contribution in [1.82, 2.24) is 4.90 Å². The summed E-state index contributed by atoms with van der Waals surface area (Å²) in [5.41, 5.74) is 7.68. The summed E-state index contributed by atoms with van der Waals surface area (Å²) in [6.45, 7) is 4.86. The Morgan fingerprint density at radius 2 is 2.18 bits per heavy atom. The Balaban J connectivity index is 2.67. The normalized spacial score (nSPS) is 12.8. The van der Waals surface area contributed by atoms with Gasteiger partial charge in [-0.2, -0.15) is 0 Å². The number of halogens is 1. The van der Waals surface area contributed by atoms with E-state index in [4.69, 9.17) is 22.7 Å². The fourth-order valence-electron chi connectivity index (χ4n) is 1.68. The van der Waals surface area contributed by atoms with Gasteiger partial charge in [0.25, 0.3) is 0 Å². The molecule has 0 spiro atoms. The molecular weight excluding hydrogens is 234 g/mol. The van der Waals surface area contributed by atoms with E-state index >= 15 is 0 Å². The summed E-state index contributed by atoms with van der Waals surface area (Å²) >= 11 is 6.19. The lowest BCUT2D eigenvalue weighted by atomic mass is 10.1. The van der Waals surface area contributed by atoms with Gasteiger partial charge < -0.3 is 5.73 Å². The molecule has 3 N–H and O–H groups in total. The molecule has 0 bridgehead atoms. The standard InChI is InChI=1S/C13H20ClN3/c1-9-4-5-11(12(14)6-9)8-17(3)10(2)7-13(15)16/h4-6,10H,7-8H2,1-3H3,(H3,15,16). The second kappa shape index (κ2) is 6.03. The van der Waals surface area contributed by atoms with Crippen LogP contribution in [-0.4, -0.2) is 23.8 Å². The van der Waals surface area contributed by atoms with Crippen molar-refractivity contribution >= 4 is 17.4 Å². The fraction of sp³-hybridized carbons (Fsp3) is 0.462. The van der Waals surface area contributed by atoms with E-state index in [1.807, 2.05) is 20.0 Å². The Kier molecular flexibility index (Phi) is 4.97. The third kappa shape index (κ3) is 4.36. The molecule has 4 heteroatoms. The second-order valence-electron chi connectivity index (χ2n) is 4.59. The van der Waals surface area contributed by atoms with E-state index in [0.29, 0.717) is 6.42 Å². The van der Waals surface area contributed by atoms with Crippen molar-refractivity contribution in [3.05, 3.63) is 34.3 Å². The summed E-state index contributed by atoms with van der Waals surface area (Å²) in [6.07, 6.45) is 0.583. The van der Waals surface area contributed by atoms with Gasteiger partial charge in [-0.3, -0.25) is 10.3 Å². The minimum absolute atomic E-state index is 0.222. The first-order chi connectivity index (χ1) is 7.90. The zero-order chi connectivity index (χ0) is 13.0. The largest absolute Gasteiger partial charge is 0.388 e. The summed E-state index contributed by atoms with van der Waals surface area (Å²) in [7, 11) is 2.02. The summed E-state index contributed by atoms with van der Waals surface area (Å²) in [5, 5.41) is 8.09. The number of nitrogens with one attached hydrogen (secondary N) is 1. The summed E-state index contributed by atoms with van der Waals surface area (Å²) in [5.74, 6) is 0.222. The minimum atomic E-state index is 0.222. The molecule has 0 aliphatic heterocycles. The van der Waals surface area contributed by atoms with Crippen molar-refractivity contribution in [2.75, 3.05) is 7.05 Å². The van der Waals surface area contributed by atoms with Crippen LogP contribution in [-0.2, 0) is 6.54 Å². The van der Waals surface area contributed by atoms with Gasteiger partial charge in [-0.15, -0.1) is 0 Å². The van der Waals surface area contributed by atoms with Gasteiger partial charge in [0.1, 0.15) is 0 Å². The first-order valence-electron chi connectivity index (χ1n) is 5.68. The number of nitrogens with two attached hydrogens (primary N) is 1. The topological polar surface area (TPSA) is 53.1 Å². The van der Waals surface area contributed by atoms with Crippen LogP contribution in [0.5, 0.6) is 0 Å². The van der Waals surface area contributed by atoms with Crippen molar-refractivity contribution in [3.8, 4) is 0 Å². The SMILES string of the molecule is Cc1ccc(CN(C)C(C)CC(=N)N)c(Cl)c1. The van der Waals surface area contributed by atoms with Crippen molar-refractivity contribution in [2.45, 2.75) is 32.9 Å². The van der Waals surface area contributed by atoms with Gasteiger partial charge in [0, 0.05) is 24.0 Å². The smallest absolute Gasteiger partial charge is 0.0920 e. The van der Waals surface area contributed by atoms with Gasteiger partial charge in [-0.25, -0.2) is 0 Å². The van der Waals surface area contributed by atoms with Crippen LogP contribution in [0.4, 0.5) is 0 Å². The first kappa shape index (κ1) is 14.0. The Labute approximate surface area is 108 Å². The molecule has 0 fully saturated rings. The van der Waals surface area contributed by atoms with Gasteiger partial charge in [-0.1, -0.05) is 23.7 Å². The van der Waals surface area contributed by atoms with Crippen molar-refractivity contribution in [3.63, 3.8) is 0 Å². The lowest BCUT2D eigenvalue weighted by Crippen LogP contribution is -2.32. The van der Waals surface area contributed by atoms with Gasteiger partial charge in [0.05, 0.1) is 5.84 Å². The van der Waals surface area contributed by atoms with E-state index in [1.165, 1.54) is 0 Å². The molecule has 0 heterocycles. The Morgan fingerprint density at radius 3 is 2.71 bits per heavy atom. The molecule has 94 valence electrons. The van der Waals surface area contributed by atoms with Crippen LogP contribution in [0.25, 0.3) is 0 Å². The summed E-state index contributed by atoms with van der Waals surface area (Å²) < 4.78 is 0. The summed E-state index contributed by atoms with van der Waals surface area (Å²) in [6, 6.07) is 6.32. The minimum Gasteiger partial charge on any atom is -0.388 e. The predicted molar refractivity (Wildman–Crippen MR) is 73.6 cm³/mol. The molecule has 1 unspecified atom stereocenters. The maximum absolute atomic E-state index is 7.29. The van der Waals surface area contributed by atoms with Crippen LogP contribution < -0.4 is 5.73 Å². The molecule has 0 radical (unpaired) electrons. The van der Waals surface area contributed by atoms with Gasteiger partial charge in [0.15, 0.2) is 0 Å². The zero-order valence-electron chi connectivity index (χ0n) is 10.6. The molecule has 1 rings (SSSR count). The van der Waals surface area contributed by atoms with E-state index in [2.05, 4.69) is 24.0 Å². The Morgan fingerprint density at radius 1 is 1.53 bits per heavy atom. The molecular formula is C13H20ClN3. The lowest BCUT2D eigenvalue weighted by molar-refractivity contribution is 0.254. The average Bonchev–Trinajstić information content (AvgIpc) is 2.21. The Bertz CT molecular complexity index is 404. The number of hydrogen-bond donors (Lipinski definition) is 2. The number of amidine groups is 1. The molecule has 1 aromatic rings. The van der Waals surface area contributed by atoms with Crippen LogP contribution in [0.1, 0.15) is 24.5 Å². The highest BCUT2D eigenvalue weighted by molar-refractivity contribution is 6.31.